The Kier molecular flexibility index (Phi) is 9.49. The van der Waals surface area contributed by atoms with E-state index in [-0.39, 0.29) is 18.8 Å². The van der Waals surface area contributed by atoms with E-state index in [4.69, 9.17) is 14.2 Å². The van der Waals surface area contributed by atoms with Crippen molar-refractivity contribution in [1.82, 2.24) is 4.57 Å². The van der Waals surface area contributed by atoms with Crippen LogP contribution >= 0.6 is 49.9 Å². The molecule has 1 aliphatic rings. The number of carbonyl (C=O) groups is 1. The van der Waals surface area contributed by atoms with E-state index in [1.165, 1.54) is 11.3 Å². The predicted octanol–water partition coefficient (Wildman–Crippen LogP) is 5.62. The molecule has 0 unspecified atom stereocenters. The summed E-state index contributed by atoms with van der Waals surface area (Å²) >= 11 is 6.88. The van der Waals surface area contributed by atoms with E-state index < -0.39 is 12.0 Å². The summed E-state index contributed by atoms with van der Waals surface area (Å²) in [5, 5.41) is 9.41. The smallest absolute Gasteiger partial charge is 0.338 e. The second-order valence-corrected chi connectivity index (χ2v) is 12.5. The van der Waals surface area contributed by atoms with Crippen LogP contribution in [0.15, 0.2) is 86.2 Å². The van der Waals surface area contributed by atoms with Gasteiger partial charge in [-0.2, -0.15) is 5.26 Å². The molecule has 8 nitrogen and oxygen atoms in total. The van der Waals surface area contributed by atoms with Crippen LogP contribution in [0.1, 0.15) is 42.1 Å². The Morgan fingerprint density at radius 1 is 1.21 bits per heavy atom. The van der Waals surface area contributed by atoms with Crippen LogP contribution in [0.3, 0.4) is 0 Å². The lowest BCUT2D eigenvalue weighted by molar-refractivity contribution is -0.139. The number of hydrogen-bond acceptors (Lipinski definition) is 8. The van der Waals surface area contributed by atoms with Gasteiger partial charge >= 0.3 is 5.97 Å². The topological polar surface area (TPSA) is 103 Å². The highest BCUT2D eigenvalue weighted by Gasteiger charge is 2.33. The van der Waals surface area contributed by atoms with Gasteiger partial charge in [0.05, 0.1) is 50.8 Å². The van der Waals surface area contributed by atoms with Gasteiger partial charge < -0.3 is 14.2 Å². The third kappa shape index (κ3) is 6.32. The molecular weight excluding hydrogens is 745 g/mol. The van der Waals surface area contributed by atoms with Gasteiger partial charge in [0.15, 0.2) is 16.3 Å². The largest absolute Gasteiger partial charge is 0.493 e. The summed E-state index contributed by atoms with van der Waals surface area (Å²) in [4.78, 5) is 32.2. The van der Waals surface area contributed by atoms with E-state index in [9.17, 15) is 14.9 Å². The fraction of sp³-hybridized carbons (Fsp3) is 0.188. The maximum absolute atomic E-state index is 13.9. The van der Waals surface area contributed by atoms with E-state index in [1.54, 1.807) is 43.7 Å². The minimum Gasteiger partial charge on any atom is -0.493 e. The predicted molar refractivity (Wildman–Crippen MR) is 176 cm³/mol. The zero-order chi connectivity index (χ0) is 30.7. The number of allylic oxidation sites excluding steroid dienone is 1. The molecule has 1 aromatic heterocycles. The van der Waals surface area contributed by atoms with Gasteiger partial charge in [0.1, 0.15) is 6.61 Å². The maximum atomic E-state index is 13.9. The van der Waals surface area contributed by atoms with Crippen molar-refractivity contribution in [3.8, 4) is 17.6 Å². The molecule has 0 N–H and O–H groups in total. The number of fused-ring (bicyclic) bond motifs is 1. The first kappa shape index (κ1) is 30.7. The molecule has 43 heavy (non-hydrogen) atoms. The molecule has 0 aliphatic carbocycles. The number of carbonyl (C=O) groups excluding carboxylic acids is 1. The standard InChI is InChI=1S/C32H25BrIN3O5S/c1-4-41-31(39)27-18(2)36-32-37(28(27)20-9-11-23(33)12-10-20)30(38)26(43-32)15-19-13-24(34)29(25(14-19)40-3)42-17-22-8-6-5-7-21(22)16-35/h5-15,28H,4,17H2,1-3H3/b26-15-/t28-/m1/s1. The highest BCUT2D eigenvalue weighted by molar-refractivity contribution is 14.1. The molecule has 0 fully saturated rings. The number of rotatable bonds is 8. The monoisotopic (exact) mass is 769 g/mol. The van der Waals surface area contributed by atoms with E-state index in [2.05, 4.69) is 49.6 Å². The van der Waals surface area contributed by atoms with E-state index >= 15 is 0 Å². The first-order valence-electron chi connectivity index (χ1n) is 13.2. The molecule has 0 spiro atoms. The summed E-state index contributed by atoms with van der Waals surface area (Å²) < 4.78 is 20.8. The summed E-state index contributed by atoms with van der Waals surface area (Å²) in [5.41, 5.74) is 3.39. The summed E-state index contributed by atoms with van der Waals surface area (Å²) in [6, 6.07) is 20.0. The SMILES string of the molecule is CCOC(=O)C1=C(C)N=c2s/c(=C\c3cc(I)c(OCc4ccccc4C#N)c(OC)c3)c(=O)n2[C@@H]1c1ccc(Br)cc1. The number of thiazole rings is 1. The Morgan fingerprint density at radius 2 is 1.95 bits per heavy atom. The number of benzene rings is 3. The molecule has 4 aromatic rings. The number of esters is 1. The molecule has 0 amide bonds. The van der Waals surface area contributed by atoms with Crippen molar-refractivity contribution in [2.75, 3.05) is 13.7 Å². The lowest BCUT2D eigenvalue weighted by Gasteiger charge is -2.24. The van der Waals surface area contributed by atoms with Gasteiger partial charge in [0.2, 0.25) is 0 Å². The van der Waals surface area contributed by atoms with Crippen LogP contribution in [0.4, 0.5) is 0 Å². The van der Waals surface area contributed by atoms with Crippen LogP contribution < -0.4 is 24.4 Å². The van der Waals surface area contributed by atoms with Gasteiger partial charge in [-0.05, 0) is 84.0 Å². The van der Waals surface area contributed by atoms with Gasteiger partial charge in [0.25, 0.3) is 5.56 Å². The molecule has 1 aliphatic heterocycles. The van der Waals surface area contributed by atoms with Crippen LogP contribution in [-0.4, -0.2) is 24.3 Å². The number of methoxy groups -OCH3 is 1. The zero-order valence-corrected chi connectivity index (χ0v) is 27.9. The average molecular weight is 770 g/mol. The van der Waals surface area contributed by atoms with Crippen LogP contribution in [0.25, 0.3) is 6.08 Å². The molecule has 0 saturated heterocycles. The van der Waals surface area contributed by atoms with Gasteiger partial charge in [-0.25, -0.2) is 9.79 Å². The van der Waals surface area contributed by atoms with Crippen molar-refractivity contribution >= 4 is 61.9 Å². The molecule has 11 heteroatoms. The van der Waals surface area contributed by atoms with E-state index in [0.717, 1.165) is 24.7 Å². The quantitative estimate of drug-likeness (QED) is 0.170. The maximum Gasteiger partial charge on any atom is 0.338 e. The summed E-state index contributed by atoms with van der Waals surface area (Å²) in [5.74, 6) is 0.533. The minimum absolute atomic E-state index is 0.201. The Hall–Kier alpha value is -3.73. The van der Waals surface area contributed by atoms with Gasteiger partial charge in [-0.15, -0.1) is 0 Å². The number of ether oxygens (including phenoxy) is 3. The molecule has 0 bridgehead atoms. The molecule has 0 radical (unpaired) electrons. The van der Waals surface area contributed by atoms with Crippen LogP contribution in [0.2, 0.25) is 0 Å². The lowest BCUT2D eigenvalue weighted by atomic mass is 9.96. The second kappa shape index (κ2) is 13.3. The molecule has 218 valence electrons. The second-order valence-electron chi connectivity index (χ2n) is 9.45. The number of aromatic nitrogens is 1. The third-order valence-electron chi connectivity index (χ3n) is 6.76. The van der Waals surface area contributed by atoms with Gasteiger partial charge in [-0.3, -0.25) is 9.36 Å². The summed E-state index contributed by atoms with van der Waals surface area (Å²) in [6.45, 7) is 3.91. The highest BCUT2D eigenvalue weighted by Crippen LogP contribution is 2.35. The zero-order valence-electron chi connectivity index (χ0n) is 23.4. The molecule has 5 rings (SSSR count). The first-order valence-corrected chi connectivity index (χ1v) is 15.9. The van der Waals surface area contributed by atoms with E-state index in [1.807, 2.05) is 48.5 Å². The highest BCUT2D eigenvalue weighted by atomic mass is 127. The number of nitrogens with zero attached hydrogens (tertiary/aromatic N) is 3. The number of nitriles is 1. The van der Waals surface area contributed by atoms with Crippen molar-refractivity contribution in [3.05, 3.63) is 122 Å². The molecule has 3 aromatic carbocycles. The van der Waals surface area contributed by atoms with Crippen molar-refractivity contribution in [2.24, 2.45) is 4.99 Å². The van der Waals surface area contributed by atoms with Crippen molar-refractivity contribution in [1.29, 1.82) is 5.26 Å². The molecule has 0 saturated carbocycles. The third-order valence-corrected chi connectivity index (χ3v) is 9.08. The fourth-order valence-electron chi connectivity index (χ4n) is 4.77. The Bertz CT molecular complexity index is 1980. The Morgan fingerprint density at radius 3 is 2.65 bits per heavy atom. The van der Waals surface area contributed by atoms with Crippen LogP contribution in [0.5, 0.6) is 11.5 Å². The number of hydrogen-bond donors (Lipinski definition) is 0. The Balaban J connectivity index is 1.57. The van der Waals surface area contributed by atoms with Gasteiger partial charge in [0, 0.05) is 10.0 Å². The van der Waals surface area contributed by atoms with Gasteiger partial charge in [-0.1, -0.05) is 57.6 Å². The fourth-order valence-corrected chi connectivity index (χ4v) is 6.86. The van der Waals surface area contributed by atoms with Crippen LogP contribution in [0, 0.1) is 14.9 Å². The van der Waals surface area contributed by atoms with Crippen LogP contribution in [-0.2, 0) is 16.1 Å². The average Bonchev–Trinajstić information content (AvgIpc) is 3.30. The van der Waals surface area contributed by atoms with Crippen molar-refractivity contribution in [2.45, 2.75) is 26.5 Å². The summed E-state index contributed by atoms with van der Waals surface area (Å²) in [7, 11) is 1.55. The summed E-state index contributed by atoms with van der Waals surface area (Å²) in [6.07, 6.45) is 1.78. The van der Waals surface area contributed by atoms with Crippen molar-refractivity contribution < 1.29 is 19.0 Å². The Labute approximate surface area is 273 Å². The van der Waals surface area contributed by atoms with E-state index in [0.29, 0.717) is 37.7 Å². The minimum atomic E-state index is -0.688. The molecule has 2 heterocycles. The number of halogens is 2. The molecular formula is C32H25BrIN3O5S. The lowest BCUT2D eigenvalue weighted by Crippen LogP contribution is -2.39. The normalized spacial score (nSPS) is 14.5. The molecule has 1 atom stereocenters. The van der Waals surface area contributed by atoms with Crippen molar-refractivity contribution in [3.63, 3.8) is 0 Å². The first-order chi connectivity index (χ1) is 20.7.